The van der Waals surface area contributed by atoms with Crippen molar-refractivity contribution in [2.45, 2.75) is 18.9 Å². The van der Waals surface area contributed by atoms with Gasteiger partial charge in [0.1, 0.15) is 0 Å². The molecule has 18 heavy (non-hydrogen) atoms. The van der Waals surface area contributed by atoms with E-state index in [0.717, 1.165) is 0 Å². The summed E-state index contributed by atoms with van der Waals surface area (Å²) in [6, 6.07) is 6.61. The number of hydrogen-bond donors (Lipinski definition) is 3. The molecule has 5 nitrogen and oxygen atoms in total. The van der Waals surface area contributed by atoms with E-state index in [1.807, 2.05) is 0 Å². The van der Waals surface area contributed by atoms with Crippen LogP contribution in [0.2, 0.25) is 0 Å². The van der Waals surface area contributed by atoms with Crippen LogP contribution in [0.1, 0.15) is 23.7 Å². The summed E-state index contributed by atoms with van der Waals surface area (Å²) in [6.07, 6.45) is 0.478. The number of rotatable bonds is 7. The first-order valence-corrected chi connectivity index (χ1v) is 5.74. The van der Waals surface area contributed by atoms with Crippen LogP contribution in [0, 0.1) is 0 Å². The summed E-state index contributed by atoms with van der Waals surface area (Å²) >= 11 is 0. The monoisotopic (exact) mass is 253 g/mol. The fourth-order valence-electron chi connectivity index (χ4n) is 1.52. The molecule has 1 aromatic rings. The molecule has 0 aromatic heterocycles. The lowest BCUT2D eigenvalue weighted by molar-refractivity contribution is 0.0356. The van der Waals surface area contributed by atoms with E-state index in [4.69, 9.17) is 9.84 Å². The molecular weight excluding hydrogens is 234 g/mol. The number of anilines is 1. The summed E-state index contributed by atoms with van der Waals surface area (Å²) in [5.41, 5.74) is -0.246. The fourth-order valence-corrected chi connectivity index (χ4v) is 1.52. The zero-order valence-electron chi connectivity index (χ0n) is 10.6. The first-order chi connectivity index (χ1) is 8.46. The molecule has 0 aliphatic carbocycles. The van der Waals surface area contributed by atoms with Gasteiger partial charge < -0.3 is 20.3 Å². The minimum Gasteiger partial charge on any atom is -0.478 e. The molecule has 0 radical (unpaired) electrons. The average molecular weight is 253 g/mol. The second kappa shape index (κ2) is 6.37. The van der Waals surface area contributed by atoms with Crippen molar-refractivity contribution >= 4 is 11.7 Å². The van der Waals surface area contributed by atoms with Gasteiger partial charge >= 0.3 is 5.97 Å². The molecule has 0 aliphatic rings. The van der Waals surface area contributed by atoms with Gasteiger partial charge in [-0.15, -0.1) is 0 Å². The van der Waals surface area contributed by atoms with Crippen LogP contribution in [-0.4, -0.2) is 42.0 Å². The highest BCUT2D eigenvalue weighted by Gasteiger charge is 2.20. The highest BCUT2D eigenvalue weighted by molar-refractivity contribution is 5.94. The average Bonchev–Trinajstić information content (AvgIpc) is 2.34. The molecule has 0 amide bonds. The Balaban J connectivity index is 2.65. The van der Waals surface area contributed by atoms with Crippen molar-refractivity contribution in [1.82, 2.24) is 0 Å². The minimum absolute atomic E-state index is 0.194. The first kappa shape index (κ1) is 14.5. The van der Waals surface area contributed by atoms with Gasteiger partial charge in [0.2, 0.25) is 0 Å². The molecule has 0 fully saturated rings. The maximum Gasteiger partial charge on any atom is 0.337 e. The lowest BCUT2D eigenvalue weighted by Crippen LogP contribution is -2.35. The van der Waals surface area contributed by atoms with Crippen molar-refractivity contribution in [1.29, 1.82) is 0 Å². The molecule has 0 aliphatic heterocycles. The number of para-hydroxylation sites is 1. The number of aromatic carboxylic acids is 1. The van der Waals surface area contributed by atoms with Gasteiger partial charge in [-0.05, 0) is 19.1 Å². The van der Waals surface area contributed by atoms with Crippen LogP contribution in [0.5, 0.6) is 0 Å². The van der Waals surface area contributed by atoms with Crippen molar-refractivity contribution in [3.05, 3.63) is 29.8 Å². The van der Waals surface area contributed by atoms with Crippen LogP contribution >= 0.6 is 0 Å². The summed E-state index contributed by atoms with van der Waals surface area (Å²) < 4.78 is 4.91. The van der Waals surface area contributed by atoms with Crippen molar-refractivity contribution < 1.29 is 19.7 Å². The number of hydrogen-bond acceptors (Lipinski definition) is 4. The van der Waals surface area contributed by atoms with Crippen LogP contribution in [-0.2, 0) is 4.74 Å². The van der Waals surface area contributed by atoms with Gasteiger partial charge in [-0.25, -0.2) is 4.79 Å². The number of ether oxygens (including phenoxy) is 1. The summed E-state index contributed by atoms with van der Waals surface area (Å²) in [4.78, 5) is 11.0. The van der Waals surface area contributed by atoms with E-state index in [2.05, 4.69) is 5.32 Å². The molecule has 1 aromatic carbocycles. The Morgan fingerprint density at radius 3 is 2.72 bits per heavy atom. The number of benzene rings is 1. The van der Waals surface area contributed by atoms with E-state index in [1.54, 1.807) is 32.2 Å². The van der Waals surface area contributed by atoms with Crippen LogP contribution < -0.4 is 5.32 Å². The Labute approximate surface area is 106 Å². The van der Waals surface area contributed by atoms with Gasteiger partial charge in [-0.3, -0.25) is 0 Å². The van der Waals surface area contributed by atoms with E-state index in [1.165, 1.54) is 6.07 Å². The Morgan fingerprint density at radius 2 is 2.11 bits per heavy atom. The van der Waals surface area contributed by atoms with E-state index >= 15 is 0 Å². The molecule has 5 heteroatoms. The predicted molar refractivity (Wildman–Crippen MR) is 69.0 cm³/mol. The summed E-state index contributed by atoms with van der Waals surface area (Å²) in [5.74, 6) is -0.991. The maximum atomic E-state index is 11.0. The molecular formula is C13H19NO4. The summed E-state index contributed by atoms with van der Waals surface area (Å²) in [5, 5.41) is 22.0. The fraction of sp³-hybridized carbons (Fsp3) is 0.462. The van der Waals surface area contributed by atoms with Gasteiger partial charge in [0.15, 0.2) is 0 Å². The molecule has 0 saturated heterocycles. The topological polar surface area (TPSA) is 78.8 Å². The third-order valence-electron chi connectivity index (χ3n) is 2.66. The second-order valence-electron chi connectivity index (χ2n) is 4.44. The molecule has 1 atom stereocenters. The maximum absolute atomic E-state index is 11.0. The Hall–Kier alpha value is -1.59. The van der Waals surface area contributed by atoms with Crippen LogP contribution in [0.3, 0.4) is 0 Å². The Morgan fingerprint density at radius 1 is 1.44 bits per heavy atom. The summed E-state index contributed by atoms with van der Waals surface area (Å²) in [6.45, 7) is 2.40. The van der Waals surface area contributed by atoms with E-state index in [9.17, 15) is 9.90 Å². The largest absolute Gasteiger partial charge is 0.478 e. The van der Waals surface area contributed by atoms with E-state index in [0.29, 0.717) is 18.7 Å². The Bertz CT molecular complexity index is 404. The third-order valence-corrected chi connectivity index (χ3v) is 2.66. The number of carboxylic acid groups (broad SMARTS) is 1. The molecule has 0 spiro atoms. The minimum atomic E-state index is -0.991. The molecule has 1 rings (SSSR count). The normalized spacial score (nSPS) is 13.9. The van der Waals surface area contributed by atoms with E-state index in [-0.39, 0.29) is 12.1 Å². The summed E-state index contributed by atoms with van der Waals surface area (Å²) in [7, 11) is 1.57. The van der Waals surface area contributed by atoms with Crippen LogP contribution in [0.25, 0.3) is 0 Å². The molecule has 0 heterocycles. The number of carbonyl (C=O) groups is 1. The second-order valence-corrected chi connectivity index (χ2v) is 4.44. The first-order valence-electron chi connectivity index (χ1n) is 5.74. The lowest BCUT2D eigenvalue weighted by Gasteiger charge is -2.24. The zero-order valence-corrected chi connectivity index (χ0v) is 10.6. The van der Waals surface area contributed by atoms with Gasteiger partial charge in [-0.2, -0.15) is 0 Å². The van der Waals surface area contributed by atoms with Crippen molar-refractivity contribution in [3.63, 3.8) is 0 Å². The predicted octanol–water partition coefficient (Wildman–Crippen LogP) is 1.58. The number of methoxy groups -OCH3 is 1. The van der Waals surface area contributed by atoms with Gasteiger partial charge in [-0.1, -0.05) is 12.1 Å². The number of nitrogens with one attached hydrogen (secondary N) is 1. The Kier molecular flexibility index (Phi) is 5.12. The van der Waals surface area contributed by atoms with Crippen LogP contribution in [0.4, 0.5) is 5.69 Å². The highest BCUT2D eigenvalue weighted by atomic mass is 16.5. The highest BCUT2D eigenvalue weighted by Crippen LogP contribution is 2.17. The smallest absolute Gasteiger partial charge is 0.337 e. The SMILES string of the molecule is COCCC(C)(O)CNc1ccccc1C(=O)O. The van der Waals surface area contributed by atoms with Gasteiger partial charge in [0.05, 0.1) is 11.2 Å². The van der Waals surface area contributed by atoms with Gasteiger partial charge in [0.25, 0.3) is 0 Å². The van der Waals surface area contributed by atoms with Crippen molar-refractivity contribution in [3.8, 4) is 0 Å². The standard InChI is InChI=1S/C13H19NO4/c1-13(17,7-8-18-2)9-14-11-6-4-3-5-10(11)12(15)16/h3-6,14,17H,7-9H2,1-2H3,(H,15,16). The lowest BCUT2D eigenvalue weighted by atomic mass is 10.0. The van der Waals surface area contributed by atoms with Crippen molar-refractivity contribution in [2.75, 3.05) is 25.6 Å². The number of carboxylic acids is 1. The zero-order chi connectivity index (χ0) is 13.6. The van der Waals surface area contributed by atoms with Crippen LogP contribution in [0.15, 0.2) is 24.3 Å². The number of aliphatic hydroxyl groups is 1. The molecule has 1 unspecified atom stereocenters. The molecule has 100 valence electrons. The quantitative estimate of drug-likeness (QED) is 0.687. The van der Waals surface area contributed by atoms with Crippen molar-refractivity contribution in [2.24, 2.45) is 0 Å². The molecule has 3 N–H and O–H groups in total. The third kappa shape index (κ3) is 4.35. The van der Waals surface area contributed by atoms with Gasteiger partial charge in [0, 0.05) is 32.4 Å². The molecule has 0 saturated carbocycles. The van der Waals surface area contributed by atoms with E-state index < -0.39 is 11.6 Å². The molecule has 0 bridgehead atoms.